The Labute approximate surface area is 105 Å². The van der Waals surface area contributed by atoms with Crippen LogP contribution in [0.4, 0.5) is 0 Å². The molecule has 0 aliphatic heterocycles. The van der Waals surface area contributed by atoms with Crippen molar-refractivity contribution in [3.8, 4) is 11.3 Å². The number of fused-ring (bicyclic) bond motifs is 3. The second-order valence-corrected chi connectivity index (χ2v) is 4.97. The Morgan fingerprint density at radius 3 is 2.88 bits per heavy atom. The van der Waals surface area contributed by atoms with Crippen molar-refractivity contribution in [1.29, 1.82) is 0 Å². The van der Waals surface area contributed by atoms with E-state index >= 15 is 0 Å². The van der Waals surface area contributed by atoms with Gasteiger partial charge in [-0.3, -0.25) is 9.78 Å². The molecule has 0 amide bonds. The first kappa shape index (κ1) is 9.99. The molecular weight excluding hydrogens is 288 g/mol. The Hall–Kier alpha value is -1.20. The maximum absolute atomic E-state index is 11.8. The number of hydrogen-bond acceptors (Lipinski definition) is 2. The van der Waals surface area contributed by atoms with Crippen LogP contribution >= 0.6 is 28.1 Å². The fourth-order valence-corrected chi connectivity index (χ4v) is 2.76. The first-order valence-electron chi connectivity index (χ1n) is 4.80. The quantitative estimate of drug-likeness (QED) is 0.627. The largest absolute Gasteiger partial charge is 0.331 e. The fourth-order valence-electron chi connectivity index (χ4n) is 2.06. The van der Waals surface area contributed by atoms with E-state index in [1.807, 2.05) is 18.2 Å². The molecule has 1 aliphatic carbocycles. The molecule has 1 aromatic carbocycles. The summed E-state index contributed by atoms with van der Waals surface area (Å²) in [6, 6.07) is 5.93. The van der Waals surface area contributed by atoms with E-state index in [4.69, 9.17) is 12.2 Å². The van der Waals surface area contributed by atoms with Gasteiger partial charge in [0.05, 0.1) is 5.69 Å². The molecule has 2 N–H and O–H groups in total. The van der Waals surface area contributed by atoms with Gasteiger partial charge in [-0.1, -0.05) is 28.1 Å². The molecule has 1 heterocycles. The summed E-state index contributed by atoms with van der Waals surface area (Å²) in [5.41, 5.74) is 3.71. The summed E-state index contributed by atoms with van der Waals surface area (Å²) in [6.45, 7) is 0. The topological polar surface area (TPSA) is 48.6 Å². The van der Waals surface area contributed by atoms with Crippen molar-refractivity contribution in [2.75, 3.05) is 0 Å². The van der Waals surface area contributed by atoms with E-state index < -0.39 is 0 Å². The van der Waals surface area contributed by atoms with Crippen molar-refractivity contribution < 1.29 is 0 Å². The van der Waals surface area contributed by atoms with Crippen molar-refractivity contribution in [1.82, 2.24) is 9.97 Å². The standard InChI is InChI=1S/C11H7BrN2OS/c12-8-3-1-2-5-6(8)4-7-9(5)13-11(16)14-10(7)15/h1-3H,4H2,(H2,13,14,15,16). The van der Waals surface area contributed by atoms with Crippen LogP contribution in [-0.2, 0) is 6.42 Å². The monoisotopic (exact) mass is 294 g/mol. The summed E-state index contributed by atoms with van der Waals surface area (Å²) >= 11 is 8.48. The predicted octanol–water partition coefficient (Wildman–Crippen LogP) is 2.77. The molecule has 3 nitrogen and oxygen atoms in total. The number of hydrogen-bond donors (Lipinski definition) is 2. The van der Waals surface area contributed by atoms with Crippen LogP contribution in [0, 0.1) is 4.77 Å². The summed E-state index contributed by atoms with van der Waals surface area (Å²) in [5, 5.41) is 0. The minimum Gasteiger partial charge on any atom is -0.331 e. The van der Waals surface area contributed by atoms with Gasteiger partial charge >= 0.3 is 0 Å². The molecule has 0 saturated carbocycles. The van der Waals surface area contributed by atoms with Crippen LogP contribution in [-0.4, -0.2) is 9.97 Å². The molecule has 0 saturated heterocycles. The Kier molecular flexibility index (Phi) is 2.12. The molecule has 16 heavy (non-hydrogen) atoms. The van der Waals surface area contributed by atoms with Crippen molar-refractivity contribution >= 4 is 28.1 Å². The van der Waals surface area contributed by atoms with Crippen LogP contribution < -0.4 is 5.56 Å². The van der Waals surface area contributed by atoms with Crippen molar-refractivity contribution in [3.63, 3.8) is 0 Å². The minimum absolute atomic E-state index is 0.0955. The molecule has 1 aromatic heterocycles. The molecular formula is C11H7BrN2OS. The predicted molar refractivity (Wildman–Crippen MR) is 68.2 cm³/mol. The Morgan fingerprint density at radius 1 is 1.25 bits per heavy atom. The molecule has 0 spiro atoms. The van der Waals surface area contributed by atoms with Gasteiger partial charge in [-0.25, -0.2) is 0 Å². The van der Waals surface area contributed by atoms with Crippen molar-refractivity contribution in [3.05, 3.63) is 48.9 Å². The summed E-state index contributed by atoms with van der Waals surface area (Å²) < 4.78 is 1.40. The molecule has 1 aliphatic rings. The van der Waals surface area contributed by atoms with Gasteiger partial charge < -0.3 is 4.98 Å². The third-order valence-corrected chi connectivity index (χ3v) is 3.73. The van der Waals surface area contributed by atoms with Gasteiger partial charge in [-0.15, -0.1) is 0 Å². The van der Waals surface area contributed by atoms with Crippen LogP contribution in [0.15, 0.2) is 27.5 Å². The molecule has 0 atom stereocenters. The lowest BCUT2D eigenvalue weighted by Gasteiger charge is -2.01. The average Bonchev–Trinajstić information content (AvgIpc) is 2.59. The van der Waals surface area contributed by atoms with Crippen LogP contribution in [0.3, 0.4) is 0 Å². The summed E-state index contributed by atoms with van der Waals surface area (Å²) in [6.07, 6.45) is 0.646. The molecule has 0 fully saturated rings. The Balaban J connectivity index is 2.42. The zero-order chi connectivity index (χ0) is 11.3. The van der Waals surface area contributed by atoms with E-state index in [2.05, 4.69) is 25.9 Å². The number of halogens is 1. The Bertz CT molecular complexity index is 702. The van der Waals surface area contributed by atoms with E-state index in [9.17, 15) is 4.79 Å². The second-order valence-electron chi connectivity index (χ2n) is 3.70. The van der Waals surface area contributed by atoms with Crippen LogP contribution in [0.1, 0.15) is 11.1 Å². The second kappa shape index (κ2) is 3.40. The van der Waals surface area contributed by atoms with Gasteiger partial charge in [0.1, 0.15) is 0 Å². The van der Waals surface area contributed by atoms with Gasteiger partial charge in [0.25, 0.3) is 5.56 Å². The molecule has 5 heteroatoms. The maximum Gasteiger partial charge on any atom is 0.255 e. The third-order valence-electron chi connectivity index (χ3n) is 2.78. The highest BCUT2D eigenvalue weighted by Gasteiger charge is 2.23. The van der Waals surface area contributed by atoms with Crippen molar-refractivity contribution in [2.45, 2.75) is 6.42 Å². The van der Waals surface area contributed by atoms with Gasteiger partial charge in [-0.05, 0) is 23.8 Å². The van der Waals surface area contributed by atoms with E-state index in [0.29, 0.717) is 11.2 Å². The molecule has 2 aromatic rings. The number of H-pyrrole nitrogens is 2. The van der Waals surface area contributed by atoms with Crippen molar-refractivity contribution in [2.24, 2.45) is 0 Å². The van der Waals surface area contributed by atoms with Gasteiger partial charge in [0.15, 0.2) is 4.77 Å². The van der Waals surface area contributed by atoms with E-state index in [1.54, 1.807) is 0 Å². The van der Waals surface area contributed by atoms with Crippen LogP contribution in [0.25, 0.3) is 11.3 Å². The number of aromatic nitrogens is 2. The highest BCUT2D eigenvalue weighted by atomic mass is 79.9. The van der Waals surface area contributed by atoms with Gasteiger partial charge in [-0.2, -0.15) is 0 Å². The van der Waals surface area contributed by atoms with Crippen LogP contribution in [0.2, 0.25) is 0 Å². The average molecular weight is 295 g/mol. The zero-order valence-corrected chi connectivity index (χ0v) is 10.5. The SMILES string of the molecule is O=c1[nH]c(=S)[nH]c2c1Cc1c(Br)cccc1-2. The first-order chi connectivity index (χ1) is 7.66. The minimum atomic E-state index is -0.0955. The molecule has 80 valence electrons. The summed E-state index contributed by atoms with van der Waals surface area (Å²) in [4.78, 5) is 17.4. The van der Waals surface area contributed by atoms with E-state index in [1.165, 1.54) is 0 Å². The highest BCUT2D eigenvalue weighted by Crippen LogP contribution is 2.36. The smallest absolute Gasteiger partial charge is 0.255 e. The first-order valence-corrected chi connectivity index (χ1v) is 6.00. The molecule has 3 rings (SSSR count). The third kappa shape index (κ3) is 1.32. The zero-order valence-electron chi connectivity index (χ0n) is 8.13. The van der Waals surface area contributed by atoms with E-state index in [-0.39, 0.29) is 5.56 Å². The van der Waals surface area contributed by atoms with Gasteiger partial charge in [0.2, 0.25) is 0 Å². The lowest BCUT2D eigenvalue weighted by molar-refractivity contribution is 1.05. The maximum atomic E-state index is 11.8. The normalized spacial score (nSPS) is 12.3. The van der Waals surface area contributed by atoms with Gasteiger partial charge in [0, 0.05) is 22.0 Å². The highest BCUT2D eigenvalue weighted by molar-refractivity contribution is 9.10. The molecule has 0 unspecified atom stereocenters. The van der Waals surface area contributed by atoms with E-state index in [0.717, 1.165) is 26.9 Å². The Morgan fingerprint density at radius 2 is 2.06 bits per heavy atom. The lowest BCUT2D eigenvalue weighted by Crippen LogP contribution is -2.12. The molecule has 0 radical (unpaired) electrons. The number of nitrogens with one attached hydrogen (secondary N) is 2. The number of aromatic amines is 2. The molecule has 0 bridgehead atoms. The number of benzene rings is 1. The number of rotatable bonds is 0. The summed E-state index contributed by atoms with van der Waals surface area (Å²) in [5.74, 6) is 0. The fraction of sp³-hybridized carbons (Fsp3) is 0.0909. The lowest BCUT2D eigenvalue weighted by atomic mass is 10.1. The van der Waals surface area contributed by atoms with Crippen LogP contribution in [0.5, 0.6) is 0 Å². The summed E-state index contributed by atoms with van der Waals surface area (Å²) in [7, 11) is 0.